The molecule has 4 aromatic rings. The summed E-state index contributed by atoms with van der Waals surface area (Å²) in [5, 5.41) is 9.47. The van der Waals surface area contributed by atoms with Crippen molar-refractivity contribution in [2.75, 3.05) is 11.5 Å². The molecule has 178 valence electrons. The van der Waals surface area contributed by atoms with E-state index in [4.69, 9.17) is 21.1 Å². The van der Waals surface area contributed by atoms with E-state index in [1.54, 1.807) is 6.07 Å². The molecule has 5 nitrogen and oxygen atoms in total. The molecular weight excluding hydrogens is 436 g/mol. The molecular formula is C30H30N2O3. The SMILES string of the molecule is CCc1ccc(-c2ccc(C(/C=C/c3ccc(OCc4cc(N)cc(N)c4)cc3)OO)cc2)cc1. The highest BCUT2D eigenvalue weighted by molar-refractivity contribution is 5.64. The Morgan fingerprint density at radius 2 is 1.37 bits per heavy atom. The number of ether oxygens (including phenoxy) is 1. The van der Waals surface area contributed by atoms with Gasteiger partial charge in [0.15, 0.2) is 0 Å². The smallest absolute Gasteiger partial charge is 0.136 e. The maximum absolute atomic E-state index is 9.47. The molecule has 0 bridgehead atoms. The van der Waals surface area contributed by atoms with Crippen molar-refractivity contribution >= 4 is 17.5 Å². The van der Waals surface area contributed by atoms with Gasteiger partial charge in [0.25, 0.3) is 0 Å². The summed E-state index contributed by atoms with van der Waals surface area (Å²) < 4.78 is 5.83. The van der Waals surface area contributed by atoms with Gasteiger partial charge in [0.1, 0.15) is 18.5 Å². The second-order valence-corrected chi connectivity index (χ2v) is 8.42. The van der Waals surface area contributed by atoms with Crippen molar-refractivity contribution in [1.29, 1.82) is 0 Å². The zero-order valence-electron chi connectivity index (χ0n) is 19.7. The fourth-order valence-electron chi connectivity index (χ4n) is 3.87. The molecule has 0 aliphatic heterocycles. The molecule has 0 fully saturated rings. The summed E-state index contributed by atoms with van der Waals surface area (Å²) >= 11 is 0. The fourth-order valence-corrected chi connectivity index (χ4v) is 3.87. The summed E-state index contributed by atoms with van der Waals surface area (Å²) in [5.74, 6) is 0.737. The van der Waals surface area contributed by atoms with E-state index in [0.29, 0.717) is 18.0 Å². The molecule has 0 spiro atoms. The minimum atomic E-state index is -0.573. The van der Waals surface area contributed by atoms with Crippen LogP contribution in [0.1, 0.15) is 35.3 Å². The largest absolute Gasteiger partial charge is 0.489 e. The number of rotatable bonds is 9. The molecule has 0 amide bonds. The highest BCUT2D eigenvalue weighted by Gasteiger charge is 2.09. The van der Waals surface area contributed by atoms with Gasteiger partial charge in [-0.3, -0.25) is 5.26 Å². The van der Waals surface area contributed by atoms with Crippen molar-refractivity contribution in [2.45, 2.75) is 26.1 Å². The van der Waals surface area contributed by atoms with Gasteiger partial charge >= 0.3 is 0 Å². The Hall–Kier alpha value is -4.06. The van der Waals surface area contributed by atoms with Crippen molar-refractivity contribution in [3.8, 4) is 16.9 Å². The summed E-state index contributed by atoms with van der Waals surface area (Å²) in [6, 6.07) is 29.6. The van der Waals surface area contributed by atoms with Gasteiger partial charge in [0.2, 0.25) is 0 Å². The summed E-state index contributed by atoms with van der Waals surface area (Å²) in [4.78, 5) is 4.73. The number of aryl methyl sites for hydroxylation is 1. The van der Waals surface area contributed by atoms with Crippen LogP contribution in [-0.4, -0.2) is 5.26 Å². The first kappa shape index (κ1) is 24.1. The molecule has 4 aromatic carbocycles. The predicted octanol–water partition coefficient (Wildman–Crippen LogP) is 6.90. The molecule has 5 heteroatoms. The third-order valence-electron chi connectivity index (χ3n) is 5.83. The molecule has 0 aliphatic carbocycles. The lowest BCUT2D eigenvalue weighted by Gasteiger charge is -2.11. The Bertz CT molecular complexity index is 1240. The van der Waals surface area contributed by atoms with Crippen LogP contribution in [-0.2, 0) is 17.9 Å². The molecule has 0 radical (unpaired) electrons. The van der Waals surface area contributed by atoms with Crippen LogP contribution in [0.2, 0.25) is 0 Å². The average Bonchev–Trinajstić information content (AvgIpc) is 2.88. The van der Waals surface area contributed by atoms with E-state index in [1.165, 1.54) is 5.56 Å². The Morgan fingerprint density at radius 3 is 1.94 bits per heavy atom. The monoisotopic (exact) mass is 466 g/mol. The van der Waals surface area contributed by atoms with Crippen molar-refractivity contribution < 1.29 is 14.9 Å². The van der Waals surface area contributed by atoms with Gasteiger partial charge in [0.05, 0.1) is 0 Å². The number of hydrogen-bond acceptors (Lipinski definition) is 5. The number of anilines is 2. The van der Waals surface area contributed by atoms with E-state index in [-0.39, 0.29) is 0 Å². The van der Waals surface area contributed by atoms with Gasteiger partial charge < -0.3 is 16.2 Å². The highest BCUT2D eigenvalue weighted by atomic mass is 17.1. The van der Waals surface area contributed by atoms with Crippen LogP contribution in [0.3, 0.4) is 0 Å². The molecule has 35 heavy (non-hydrogen) atoms. The van der Waals surface area contributed by atoms with Gasteiger partial charge in [-0.2, -0.15) is 0 Å². The average molecular weight is 467 g/mol. The molecule has 1 unspecified atom stereocenters. The zero-order valence-corrected chi connectivity index (χ0v) is 19.7. The van der Waals surface area contributed by atoms with Crippen molar-refractivity contribution in [2.24, 2.45) is 0 Å². The normalized spacial score (nSPS) is 12.1. The zero-order chi connectivity index (χ0) is 24.6. The van der Waals surface area contributed by atoms with E-state index < -0.39 is 6.10 Å². The molecule has 5 N–H and O–H groups in total. The maximum atomic E-state index is 9.47. The second kappa shape index (κ2) is 11.4. The minimum absolute atomic E-state index is 0.379. The van der Waals surface area contributed by atoms with Crippen LogP contribution < -0.4 is 16.2 Å². The minimum Gasteiger partial charge on any atom is -0.489 e. The van der Waals surface area contributed by atoms with E-state index in [0.717, 1.165) is 40.0 Å². The first-order valence-corrected chi connectivity index (χ1v) is 11.6. The first-order chi connectivity index (χ1) is 17.0. The summed E-state index contributed by atoms with van der Waals surface area (Å²) in [7, 11) is 0. The quantitative estimate of drug-likeness (QED) is 0.142. The van der Waals surface area contributed by atoms with Crippen LogP contribution in [0.4, 0.5) is 11.4 Å². The Morgan fingerprint density at radius 1 is 0.771 bits per heavy atom. The van der Waals surface area contributed by atoms with E-state index in [2.05, 4.69) is 31.2 Å². The second-order valence-electron chi connectivity index (χ2n) is 8.42. The Balaban J connectivity index is 1.37. The van der Waals surface area contributed by atoms with E-state index >= 15 is 0 Å². The van der Waals surface area contributed by atoms with Crippen molar-refractivity contribution in [3.05, 3.63) is 119 Å². The van der Waals surface area contributed by atoms with Crippen LogP contribution in [0.25, 0.3) is 17.2 Å². The van der Waals surface area contributed by atoms with E-state index in [1.807, 2.05) is 72.8 Å². The lowest BCUT2D eigenvalue weighted by molar-refractivity contribution is -0.268. The van der Waals surface area contributed by atoms with E-state index in [9.17, 15) is 5.26 Å². The molecule has 0 aliphatic rings. The Labute approximate surface area is 206 Å². The third kappa shape index (κ3) is 6.51. The van der Waals surface area contributed by atoms with Gasteiger partial charge in [-0.15, -0.1) is 0 Å². The van der Waals surface area contributed by atoms with Gasteiger partial charge in [0, 0.05) is 11.4 Å². The molecule has 1 atom stereocenters. The first-order valence-electron chi connectivity index (χ1n) is 11.6. The maximum Gasteiger partial charge on any atom is 0.136 e. The Kier molecular flexibility index (Phi) is 7.83. The summed E-state index contributed by atoms with van der Waals surface area (Å²) in [6.45, 7) is 2.53. The molecule has 0 aromatic heterocycles. The van der Waals surface area contributed by atoms with Crippen molar-refractivity contribution in [3.63, 3.8) is 0 Å². The number of nitrogens with two attached hydrogens (primary N) is 2. The van der Waals surface area contributed by atoms with Crippen LogP contribution in [0.15, 0.2) is 97.1 Å². The predicted molar refractivity (Wildman–Crippen MR) is 143 cm³/mol. The molecule has 4 rings (SSSR count). The highest BCUT2D eigenvalue weighted by Crippen LogP contribution is 2.25. The fraction of sp³-hybridized carbons (Fsp3) is 0.133. The molecule has 0 saturated carbocycles. The van der Waals surface area contributed by atoms with Gasteiger partial charge in [-0.1, -0.05) is 73.7 Å². The molecule has 0 heterocycles. The lowest BCUT2D eigenvalue weighted by atomic mass is 10.00. The van der Waals surface area contributed by atoms with Gasteiger partial charge in [-0.05, 0) is 76.2 Å². The summed E-state index contributed by atoms with van der Waals surface area (Å²) in [6.07, 6.45) is 4.17. The number of nitrogen functional groups attached to an aromatic ring is 2. The molecule has 0 saturated heterocycles. The summed E-state index contributed by atoms with van der Waals surface area (Å²) in [5.41, 5.74) is 19.2. The van der Waals surface area contributed by atoms with Crippen LogP contribution in [0.5, 0.6) is 5.75 Å². The van der Waals surface area contributed by atoms with Gasteiger partial charge in [-0.25, -0.2) is 4.89 Å². The number of hydrogen-bond donors (Lipinski definition) is 3. The standard InChI is InChI=1S/C30H30N2O3/c1-2-21-3-8-24(9-4-21)25-10-12-26(13-11-25)30(35-33)16-7-22-5-14-29(15-6-22)34-20-23-17-27(31)19-28(32)18-23/h3-19,30,33H,2,20,31-32H2,1H3/b16-7+. The third-order valence-corrected chi connectivity index (χ3v) is 5.83. The van der Waals surface area contributed by atoms with Crippen LogP contribution >= 0.6 is 0 Å². The van der Waals surface area contributed by atoms with Crippen molar-refractivity contribution in [1.82, 2.24) is 0 Å². The number of benzene rings is 4. The lowest BCUT2D eigenvalue weighted by Crippen LogP contribution is -1.99. The van der Waals surface area contributed by atoms with Crippen LogP contribution in [0, 0.1) is 0 Å². The topological polar surface area (TPSA) is 90.7 Å².